The van der Waals surface area contributed by atoms with Gasteiger partial charge in [0.1, 0.15) is 5.78 Å². The second-order valence-electron chi connectivity index (χ2n) is 5.62. The van der Waals surface area contributed by atoms with Gasteiger partial charge in [-0.2, -0.15) is 0 Å². The van der Waals surface area contributed by atoms with E-state index in [9.17, 15) is 4.79 Å². The highest BCUT2D eigenvalue weighted by Crippen LogP contribution is 2.34. The molecule has 1 fully saturated rings. The summed E-state index contributed by atoms with van der Waals surface area (Å²) < 4.78 is 0. The van der Waals surface area contributed by atoms with Crippen LogP contribution in [0.2, 0.25) is 0 Å². The van der Waals surface area contributed by atoms with Crippen LogP contribution in [0, 0.1) is 0 Å². The van der Waals surface area contributed by atoms with Gasteiger partial charge < -0.3 is 0 Å². The van der Waals surface area contributed by atoms with Crippen LogP contribution in [-0.4, -0.2) is 23.3 Å². The zero-order valence-corrected chi connectivity index (χ0v) is 12.1. The fourth-order valence-electron chi connectivity index (χ4n) is 2.79. The third-order valence-corrected chi connectivity index (χ3v) is 4.06. The molecule has 1 heterocycles. The summed E-state index contributed by atoms with van der Waals surface area (Å²) in [5.74, 6) is 0.436. The van der Waals surface area contributed by atoms with E-state index >= 15 is 0 Å². The van der Waals surface area contributed by atoms with Crippen LogP contribution in [0.3, 0.4) is 0 Å². The Morgan fingerprint density at radius 3 is 2.74 bits per heavy atom. The first-order valence-corrected chi connectivity index (χ1v) is 7.54. The zero-order chi connectivity index (χ0) is 13.7. The molecule has 0 saturated carbocycles. The van der Waals surface area contributed by atoms with Crippen molar-refractivity contribution in [3.8, 4) is 0 Å². The number of hydrogen-bond donors (Lipinski definition) is 0. The molecule has 1 aliphatic heterocycles. The average molecular weight is 259 g/mol. The molecule has 0 amide bonds. The normalized spacial score (nSPS) is 23.1. The van der Waals surface area contributed by atoms with Crippen molar-refractivity contribution in [3.63, 3.8) is 0 Å². The minimum absolute atomic E-state index is 0.436. The van der Waals surface area contributed by atoms with E-state index in [0.717, 1.165) is 25.7 Å². The molecule has 0 aliphatic carbocycles. The van der Waals surface area contributed by atoms with Gasteiger partial charge in [-0.15, -0.1) is 0 Å². The van der Waals surface area contributed by atoms with Crippen molar-refractivity contribution < 1.29 is 4.79 Å². The summed E-state index contributed by atoms with van der Waals surface area (Å²) in [6.07, 6.45) is 4.75. The molecular formula is C17H25NO. The molecule has 2 nitrogen and oxygen atoms in total. The van der Waals surface area contributed by atoms with E-state index < -0.39 is 0 Å². The Hall–Kier alpha value is -1.15. The number of nitrogens with zero attached hydrogens (tertiary/aromatic N) is 1. The molecule has 3 atom stereocenters. The number of Topliss-reactive ketones (excluding diaryl/α,β-unsaturated/α-hetero) is 1. The van der Waals surface area contributed by atoms with Crippen molar-refractivity contribution in [2.24, 2.45) is 0 Å². The second-order valence-corrected chi connectivity index (χ2v) is 5.62. The SMILES string of the molecule is CCCC(=O)CCC[C@@H]1CN1[C@H](C)c1ccccc1. The van der Waals surface area contributed by atoms with Gasteiger partial charge in [-0.1, -0.05) is 37.3 Å². The maximum absolute atomic E-state index is 11.5. The van der Waals surface area contributed by atoms with Crippen LogP contribution in [0.5, 0.6) is 0 Å². The Balaban J connectivity index is 1.68. The number of carbonyl (C=O) groups is 1. The quantitative estimate of drug-likeness (QED) is 0.658. The van der Waals surface area contributed by atoms with Crippen molar-refractivity contribution in [1.29, 1.82) is 0 Å². The first kappa shape index (κ1) is 14.3. The molecule has 19 heavy (non-hydrogen) atoms. The Morgan fingerprint density at radius 1 is 1.32 bits per heavy atom. The predicted molar refractivity (Wildman–Crippen MR) is 79.1 cm³/mol. The minimum atomic E-state index is 0.436. The maximum atomic E-state index is 11.5. The maximum Gasteiger partial charge on any atom is 0.132 e. The van der Waals surface area contributed by atoms with Gasteiger partial charge in [0.15, 0.2) is 0 Å². The number of carbonyl (C=O) groups excluding carboxylic acids is 1. The van der Waals surface area contributed by atoms with Crippen LogP contribution in [0.15, 0.2) is 30.3 Å². The van der Waals surface area contributed by atoms with Gasteiger partial charge in [-0.25, -0.2) is 0 Å². The molecule has 0 aromatic heterocycles. The van der Waals surface area contributed by atoms with Crippen molar-refractivity contribution in [2.75, 3.05) is 6.54 Å². The van der Waals surface area contributed by atoms with Crippen LogP contribution in [-0.2, 0) is 4.79 Å². The van der Waals surface area contributed by atoms with Crippen molar-refractivity contribution in [2.45, 2.75) is 58.0 Å². The first-order chi connectivity index (χ1) is 9.22. The lowest BCUT2D eigenvalue weighted by molar-refractivity contribution is -0.119. The highest BCUT2D eigenvalue weighted by Gasteiger charge is 2.37. The van der Waals surface area contributed by atoms with E-state index in [0.29, 0.717) is 17.9 Å². The average Bonchev–Trinajstić information content (AvgIpc) is 3.19. The largest absolute Gasteiger partial charge is 0.300 e. The number of ketones is 1. The summed E-state index contributed by atoms with van der Waals surface area (Å²) in [5.41, 5.74) is 1.40. The molecule has 0 spiro atoms. The third kappa shape index (κ3) is 4.17. The third-order valence-electron chi connectivity index (χ3n) is 4.06. The molecule has 2 heteroatoms. The van der Waals surface area contributed by atoms with E-state index in [1.54, 1.807) is 0 Å². The minimum Gasteiger partial charge on any atom is -0.300 e. The van der Waals surface area contributed by atoms with Crippen LogP contribution >= 0.6 is 0 Å². The summed E-state index contributed by atoms with van der Waals surface area (Å²) in [6.45, 7) is 5.54. The standard InChI is InChI=1S/C17H25NO/c1-3-8-17(19)12-7-11-16-13-18(16)14(2)15-9-5-4-6-10-15/h4-6,9-10,14,16H,3,7-8,11-13H2,1-2H3/t14-,16-,18?/m1/s1. The van der Waals surface area contributed by atoms with Gasteiger partial charge in [0.25, 0.3) is 0 Å². The number of benzene rings is 1. The molecule has 0 N–H and O–H groups in total. The first-order valence-electron chi connectivity index (χ1n) is 7.54. The van der Waals surface area contributed by atoms with Crippen molar-refractivity contribution in [3.05, 3.63) is 35.9 Å². The Kier molecular flexibility index (Phi) is 5.15. The molecule has 0 bridgehead atoms. The van der Waals surface area contributed by atoms with Crippen molar-refractivity contribution in [1.82, 2.24) is 4.90 Å². The number of rotatable bonds is 8. The summed E-state index contributed by atoms with van der Waals surface area (Å²) in [4.78, 5) is 14.0. The van der Waals surface area contributed by atoms with Crippen LogP contribution in [0.4, 0.5) is 0 Å². The molecule has 1 aromatic carbocycles. The molecule has 2 rings (SSSR count). The Morgan fingerprint density at radius 2 is 2.05 bits per heavy atom. The Bertz CT molecular complexity index is 401. The molecule has 104 valence electrons. The lowest BCUT2D eigenvalue weighted by Crippen LogP contribution is -2.09. The molecule has 1 aromatic rings. The fourth-order valence-corrected chi connectivity index (χ4v) is 2.79. The summed E-state index contributed by atoms with van der Waals surface area (Å²) in [7, 11) is 0. The molecular weight excluding hydrogens is 234 g/mol. The summed E-state index contributed by atoms with van der Waals surface area (Å²) in [5, 5.41) is 0. The monoisotopic (exact) mass is 259 g/mol. The van der Waals surface area contributed by atoms with Gasteiger partial charge in [0.05, 0.1) is 0 Å². The smallest absolute Gasteiger partial charge is 0.132 e. The highest BCUT2D eigenvalue weighted by molar-refractivity contribution is 5.78. The molecule has 1 unspecified atom stereocenters. The number of hydrogen-bond acceptors (Lipinski definition) is 2. The lowest BCUT2D eigenvalue weighted by Gasteiger charge is -2.14. The van der Waals surface area contributed by atoms with Gasteiger partial charge >= 0.3 is 0 Å². The highest BCUT2D eigenvalue weighted by atomic mass is 16.1. The second kappa shape index (κ2) is 6.85. The van der Waals surface area contributed by atoms with Crippen molar-refractivity contribution >= 4 is 5.78 Å². The van der Waals surface area contributed by atoms with Gasteiger partial charge in [0.2, 0.25) is 0 Å². The fraction of sp³-hybridized carbons (Fsp3) is 0.588. The van der Waals surface area contributed by atoms with Crippen LogP contribution < -0.4 is 0 Å². The van der Waals surface area contributed by atoms with Gasteiger partial charge in [0, 0.05) is 31.5 Å². The van der Waals surface area contributed by atoms with Crippen LogP contribution in [0.25, 0.3) is 0 Å². The van der Waals surface area contributed by atoms with E-state index in [-0.39, 0.29) is 0 Å². The Labute approximate surface area is 116 Å². The topological polar surface area (TPSA) is 20.1 Å². The molecule has 0 radical (unpaired) electrons. The predicted octanol–water partition coefficient (Wildman–Crippen LogP) is 3.97. The molecule has 1 saturated heterocycles. The van der Waals surface area contributed by atoms with E-state index in [1.807, 2.05) is 0 Å². The van der Waals surface area contributed by atoms with Gasteiger partial charge in [-0.3, -0.25) is 9.69 Å². The summed E-state index contributed by atoms with van der Waals surface area (Å²) >= 11 is 0. The lowest BCUT2D eigenvalue weighted by atomic mass is 10.1. The van der Waals surface area contributed by atoms with E-state index in [1.165, 1.54) is 18.5 Å². The summed E-state index contributed by atoms with van der Waals surface area (Å²) in [6, 6.07) is 11.9. The zero-order valence-electron chi connectivity index (χ0n) is 12.1. The van der Waals surface area contributed by atoms with E-state index in [2.05, 4.69) is 49.1 Å². The van der Waals surface area contributed by atoms with Gasteiger partial charge in [-0.05, 0) is 31.7 Å². The van der Waals surface area contributed by atoms with E-state index in [4.69, 9.17) is 0 Å². The molecule has 1 aliphatic rings. The van der Waals surface area contributed by atoms with Crippen LogP contribution in [0.1, 0.15) is 57.6 Å².